The number of nitrogens with one attached hydrogen (secondary N) is 3. The molecule has 0 aromatic heterocycles. The quantitative estimate of drug-likeness (QED) is 0.782. The summed E-state index contributed by atoms with van der Waals surface area (Å²) in [4.78, 5) is 24.6. The SMILES string of the molecule is CCNC(=O)NC1(C(=O)NC(C)c2ccccc2)CCCC1. The fourth-order valence-corrected chi connectivity index (χ4v) is 2.97. The summed E-state index contributed by atoms with van der Waals surface area (Å²) >= 11 is 0. The van der Waals surface area contributed by atoms with Gasteiger partial charge in [-0.2, -0.15) is 0 Å². The minimum absolute atomic E-state index is 0.0813. The van der Waals surface area contributed by atoms with Crippen LogP contribution in [0.4, 0.5) is 4.79 Å². The van der Waals surface area contributed by atoms with E-state index in [4.69, 9.17) is 0 Å². The molecule has 22 heavy (non-hydrogen) atoms. The highest BCUT2D eigenvalue weighted by atomic mass is 16.2. The fraction of sp³-hybridized carbons (Fsp3) is 0.529. The van der Waals surface area contributed by atoms with Crippen LogP contribution in [0.15, 0.2) is 30.3 Å². The Morgan fingerprint density at radius 3 is 2.41 bits per heavy atom. The molecule has 1 fully saturated rings. The molecule has 0 radical (unpaired) electrons. The first-order chi connectivity index (χ1) is 10.6. The first kappa shape index (κ1) is 16.3. The molecule has 0 aliphatic heterocycles. The van der Waals surface area contributed by atoms with Gasteiger partial charge in [-0.15, -0.1) is 0 Å². The van der Waals surface area contributed by atoms with Crippen molar-refractivity contribution >= 4 is 11.9 Å². The van der Waals surface area contributed by atoms with E-state index in [1.165, 1.54) is 0 Å². The van der Waals surface area contributed by atoms with Crippen LogP contribution >= 0.6 is 0 Å². The van der Waals surface area contributed by atoms with Gasteiger partial charge in [-0.25, -0.2) is 4.79 Å². The van der Waals surface area contributed by atoms with Crippen LogP contribution in [0, 0.1) is 0 Å². The summed E-state index contributed by atoms with van der Waals surface area (Å²) in [5, 5.41) is 8.64. The average molecular weight is 303 g/mol. The van der Waals surface area contributed by atoms with Gasteiger partial charge in [0.25, 0.3) is 0 Å². The van der Waals surface area contributed by atoms with Crippen LogP contribution in [0.25, 0.3) is 0 Å². The van der Waals surface area contributed by atoms with Crippen molar-refractivity contribution in [1.82, 2.24) is 16.0 Å². The zero-order valence-electron chi connectivity index (χ0n) is 13.3. The molecule has 1 aliphatic carbocycles. The van der Waals surface area contributed by atoms with E-state index in [2.05, 4.69) is 16.0 Å². The maximum absolute atomic E-state index is 12.7. The molecule has 3 N–H and O–H groups in total. The number of hydrogen-bond donors (Lipinski definition) is 3. The largest absolute Gasteiger partial charge is 0.348 e. The lowest BCUT2D eigenvalue weighted by Crippen LogP contribution is -2.59. The minimum atomic E-state index is -0.776. The second-order valence-electron chi connectivity index (χ2n) is 5.88. The highest BCUT2D eigenvalue weighted by Gasteiger charge is 2.42. The Hall–Kier alpha value is -2.04. The van der Waals surface area contributed by atoms with E-state index in [0.717, 1.165) is 18.4 Å². The van der Waals surface area contributed by atoms with Gasteiger partial charge in [-0.1, -0.05) is 43.2 Å². The van der Waals surface area contributed by atoms with Gasteiger partial charge in [0.05, 0.1) is 6.04 Å². The second-order valence-corrected chi connectivity index (χ2v) is 5.88. The Kier molecular flexibility index (Phi) is 5.41. The highest BCUT2D eigenvalue weighted by molar-refractivity contribution is 5.91. The van der Waals surface area contributed by atoms with Crippen molar-refractivity contribution in [3.63, 3.8) is 0 Å². The number of amides is 3. The Morgan fingerprint density at radius 1 is 1.18 bits per heavy atom. The molecule has 0 saturated heterocycles. The van der Waals surface area contributed by atoms with Gasteiger partial charge < -0.3 is 16.0 Å². The standard InChI is InChI=1S/C17H25N3O2/c1-3-18-16(22)20-17(11-7-8-12-17)15(21)19-13(2)14-9-5-4-6-10-14/h4-6,9-10,13H,3,7-8,11-12H2,1-2H3,(H,19,21)(H2,18,20,22). The number of benzene rings is 1. The van der Waals surface area contributed by atoms with Crippen LogP contribution in [0.5, 0.6) is 0 Å². The zero-order valence-corrected chi connectivity index (χ0v) is 13.3. The maximum Gasteiger partial charge on any atom is 0.315 e. The van der Waals surface area contributed by atoms with E-state index in [1.807, 2.05) is 44.2 Å². The Bertz CT molecular complexity index is 510. The molecule has 120 valence electrons. The molecule has 5 nitrogen and oxygen atoms in total. The monoisotopic (exact) mass is 303 g/mol. The molecule has 1 atom stereocenters. The fourth-order valence-electron chi connectivity index (χ4n) is 2.97. The first-order valence-electron chi connectivity index (χ1n) is 7.99. The number of hydrogen-bond acceptors (Lipinski definition) is 2. The van der Waals surface area contributed by atoms with Crippen molar-refractivity contribution in [2.24, 2.45) is 0 Å². The van der Waals surface area contributed by atoms with E-state index >= 15 is 0 Å². The number of urea groups is 1. The van der Waals surface area contributed by atoms with Gasteiger partial charge >= 0.3 is 6.03 Å². The van der Waals surface area contributed by atoms with E-state index in [-0.39, 0.29) is 18.0 Å². The van der Waals surface area contributed by atoms with Crippen molar-refractivity contribution in [2.75, 3.05) is 6.54 Å². The second kappa shape index (κ2) is 7.29. The zero-order chi connectivity index (χ0) is 16.0. The van der Waals surface area contributed by atoms with Gasteiger partial charge in [0.15, 0.2) is 0 Å². The highest BCUT2D eigenvalue weighted by Crippen LogP contribution is 2.30. The smallest absolute Gasteiger partial charge is 0.315 e. The minimum Gasteiger partial charge on any atom is -0.348 e. The molecule has 0 bridgehead atoms. The third-order valence-electron chi connectivity index (χ3n) is 4.23. The Morgan fingerprint density at radius 2 is 1.82 bits per heavy atom. The first-order valence-corrected chi connectivity index (χ1v) is 7.99. The maximum atomic E-state index is 12.7. The summed E-state index contributed by atoms with van der Waals surface area (Å²) in [6.45, 7) is 4.37. The number of rotatable bonds is 5. The molecule has 2 rings (SSSR count). The summed E-state index contributed by atoms with van der Waals surface area (Å²) in [6, 6.07) is 9.49. The molecule has 1 aromatic rings. The van der Waals surface area contributed by atoms with Gasteiger partial charge in [0.2, 0.25) is 5.91 Å². The van der Waals surface area contributed by atoms with Crippen LogP contribution in [-0.4, -0.2) is 24.0 Å². The van der Waals surface area contributed by atoms with Crippen LogP contribution in [0.2, 0.25) is 0 Å². The predicted molar refractivity (Wildman–Crippen MR) is 86.4 cm³/mol. The predicted octanol–water partition coefficient (Wildman–Crippen LogP) is 2.50. The molecule has 1 aromatic carbocycles. The molecule has 1 unspecified atom stereocenters. The van der Waals surface area contributed by atoms with Gasteiger partial charge in [0, 0.05) is 6.54 Å². The molecule has 0 spiro atoms. The summed E-state index contributed by atoms with van der Waals surface area (Å²) in [5.74, 6) is -0.0902. The van der Waals surface area contributed by atoms with E-state index < -0.39 is 5.54 Å². The summed E-state index contributed by atoms with van der Waals surface area (Å²) in [5.41, 5.74) is 0.282. The molecular formula is C17H25N3O2. The van der Waals surface area contributed by atoms with Gasteiger partial charge in [-0.05, 0) is 32.3 Å². The van der Waals surface area contributed by atoms with Crippen LogP contribution in [0.3, 0.4) is 0 Å². The molecular weight excluding hydrogens is 278 g/mol. The van der Waals surface area contributed by atoms with Crippen LogP contribution in [0.1, 0.15) is 51.1 Å². The lowest BCUT2D eigenvalue weighted by Gasteiger charge is -2.30. The molecule has 0 heterocycles. The van der Waals surface area contributed by atoms with Crippen LogP contribution < -0.4 is 16.0 Å². The Labute approximate surface area is 131 Å². The van der Waals surface area contributed by atoms with Crippen molar-refractivity contribution in [2.45, 2.75) is 51.1 Å². The molecule has 3 amide bonds. The van der Waals surface area contributed by atoms with Crippen molar-refractivity contribution in [3.8, 4) is 0 Å². The Balaban J connectivity index is 2.05. The average Bonchev–Trinajstić information content (AvgIpc) is 2.98. The summed E-state index contributed by atoms with van der Waals surface area (Å²) in [6.07, 6.45) is 3.30. The summed E-state index contributed by atoms with van der Waals surface area (Å²) < 4.78 is 0. The van der Waals surface area contributed by atoms with Crippen molar-refractivity contribution in [3.05, 3.63) is 35.9 Å². The van der Waals surface area contributed by atoms with Crippen LogP contribution in [-0.2, 0) is 4.79 Å². The van der Waals surface area contributed by atoms with Gasteiger partial charge in [-0.3, -0.25) is 4.79 Å². The summed E-state index contributed by atoms with van der Waals surface area (Å²) in [7, 11) is 0. The third-order valence-corrected chi connectivity index (χ3v) is 4.23. The van der Waals surface area contributed by atoms with Crippen molar-refractivity contribution in [1.29, 1.82) is 0 Å². The van der Waals surface area contributed by atoms with E-state index in [1.54, 1.807) is 0 Å². The van der Waals surface area contributed by atoms with E-state index in [0.29, 0.717) is 19.4 Å². The third kappa shape index (κ3) is 3.78. The van der Waals surface area contributed by atoms with E-state index in [9.17, 15) is 9.59 Å². The molecule has 5 heteroatoms. The normalized spacial score (nSPS) is 17.5. The van der Waals surface area contributed by atoms with Gasteiger partial charge in [0.1, 0.15) is 5.54 Å². The number of carbonyl (C=O) groups is 2. The topological polar surface area (TPSA) is 70.2 Å². The molecule has 1 saturated carbocycles. The molecule has 1 aliphatic rings. The lowest BCUT2D eigenvalue weighted by molar-refractivity contribution is -0.127. The number of carbonyl (C=O) groups excluding carboxylic acids is 2. The lowest BCUT2D eigenvalue weighted by atomic mass is 9.95. The van der Waals surface area contributed by atoms with Crippen molar-refractivity contribution < 1.29 is 9.59 Å².